The van der Waals surface area contributed by atoms with Gasteiger partial charge in [0, 0.05) is 13.1 Å². The van der Waals surface area contributed by atoms with Gasteiger partial charge < -0.3 is 0 Å². The molecule has 0 aromatic heterocycles. The van der Waals surface area contributed by atoms with Crippen LogP contribution in [0, 0.1) is 25.7 Å². The zero-order chi connectivity index (χ0) is 22.5. The van der Waals surface area contributed by atoms with Gasteiger partial charge in [0.15, 0.2) is 0 Å². The second-order valence-corrected chi connectivity index (χ2v) is 11.6. The first kappa shape index (κ1) is 23.5. The van der Waals surface area contributed by atoms with Crippen molar-refractivity contribution >= 4 is 20.0 Å². The van der Waals surface area contributed by atoms with Gasteiger partial charge in [0.2, 0.25) is 20.0 Å². The first-order valence-electron chi connectivity index (χ1n) is 10.3. The summed E-state index contributed by atoms with van der Waals surface area (Å²) in [6.07, 6.45) is 2.01. The monoisotopic (exact) mass is 460 g/mol. The van der Waals surface area contributed by atoms with E-state index in [1.165, 1.54) is 8.61 Å². The fourth-order valence-electron chi connectivity index (χ4n) is 3.33. The molecule has 0 spiro atoms. The summed E-state index contributed by atoms with van der Waals surface area (Å²) in [5.74, 6) is 5.75. The predicted molar refractivity (Wildman–Crippen MR) is 122 cm³/mol. The summed E-state index contributed by atoms with van der Waals surface area (Å²) in [6.45, 7) is 4.60. The Hall–Kier alpha value is -2.18. The molecule has 1 aliphatic rings. The summed E-state index contributed by atoms with van der Waals surface area (Å²) in [5, 5.41) is 0. The van der Waals surface area contributed by atoms with Gasteiger partial charge in [-0.3, -0.25) is 0 Å². The van der Waals surface area contributed by atoms with Gasteiger partial charge in [-0.2, -0.15) is 8.61 Å². The molecule has 0 atom stereocenters. The van der Waals surface area contributed by atoms with Crippen LogP contribution in [0.4, 0.5) is 0 Å². The summed E-state index contributed by atoms with van der Waals surface area (Å²) in [5.41, 5.74) is 1.98. The Labute approximate surface area is 186 Å². The number of sulfonamides is 2. The van der Waals surface area contributed by atoms with Crippen LogP contribution in [0.2, 0.25) is 0 Å². The molecule has 31 heavy (non-hydrogen) atoms. The molecule has 0 unspecified atom stereocenters. The van der Waals surface area contributed by atoms with E-state index >= 15 is 0 Å². The maximum atomic E-state index is 13.0. The van der Waals surface area contributed by atoms with Gasteiger partial charge in [0.1, 0.15) is 0 Å². The number of nitrogens with zero attached hydrogens (tertiary/aromatic N) is 2. The quantitative estimate of drug-likeness (QED) is 0.657. The SMILES string of the molecule is Cc1ccc(S(=O)(=O)N2CC#CCN(S(=O)(=O)c3ccc(C)cc3)CCCCC2)cc1. The third-order valence-corrected chi connectivity index (χ3v) is 8.99. The Balaban J connectivity index is 1.80. The van der Waals surface area contributed by atoms with Crippen LogP contribution in [0.25, 0.3) is 0 Å². The highest BCUT2D eigenvalue weighted by atomic mass is 32.2. The zero-order valence-electron chi connectivity index (χ0n) is 17.9. The predicted octanol–water partition coefficient (Wildman–Crippen LogP) is 3.17. The van der Waals surface area contributed by atoms with Crippen molar-refractivity contribution in [2.75, 3.05) is 26.2 Å². The summed E-state index contributed by atoms with van der Waals surface area (Å²) in [7, 11) is -7.30. The maximum Gasteiger partial charge on any atom is 0.243 e. The van der Waals surface area contributed by atoms with E-state index in [2.05, 4.69) is 11.8 Å². The molecule has 0 amide bonds. The van der Waals surface area contributed by atoms with Crippen LogP contribution in [0.5, 0.6) is 0 Å². The van der Waals surface area contributed by atoms with Crippen molar-refractivity contribution in [2.45, 2.75) is 42.9 Å². The summed E-state index contributed by atoms with van der Waals surface area (Å²) >= 11 is 0. The third kappa shape index (κ3) is 5.74. The fraction of sp³-hybridized carbons (Fsp3) is 0.391. The molecule has 1 heterocycles. The topological polar surface area (TPSA) is 74.8 Å². The molecule has 0 radical (unpaired) electrons. The minimum atomic E-state index is -3.65. The Morgan fingerprint density at radius 3 is 1.32 bits per heavy atom. The lowest BCUT2D eigenvalue weighted by Crippen LogP contribution is -2.32. The zero-order valence-corrected chi connectivity index (χ0v) is 19.5. The van der Waals surface area contributed by atoms with Crippen LogP contribution in [0.15, 0.2) is 58.3 Å². The molecular formula is C23H28N2O4S2. The molecule has 0 bridgehead atoms. The number of hydrogen-bond donors (Lipinski definition) is 0. The van der Waals surface area contributed by atoms with Crippen LogP contribution in [0.1, 0.15) is 30.4 Å². The Kier molecular flexibility index (Phi) is 7.55. The molecule has 2 aromatic carbocycles. The van der Waals surface area contributed by atoms with Crippen molar-refractivity contribution in [1.82, 2.24) is 8.61 Å². The van der Waals surface area contributed by atoms with Gasteiger partial charge in [-0.1, -0.05) is 53.7 Å². The number of aryl methyl sites for hydroxylation is 2. The van der Waals surface area contributed by atoms with Crippen molar-refractivity contribution in [3.8, 4) is 11.8 Å². The van der Waals surface area contributed by atoms with Crippen molar-refractivity contribution in [3.05, 3.63) is 59.7 Å². The average molecular weight is 461 g/mol. The van der Waals surface area contributed by atoms with Gasteiger partial charge in [0.25, 0.3) is 0 Å². The molecule has 8 heteroatoms. The first-order valence-corrected chi connectivity index (χ1v) is 13.2. The lowest BCUT2D eigenvalue weighted by molar-refractivity contribution is 0.410. The molecule has 6 nitrogen and oxygen atoms in total. The van der Waals surface area contributed by atoms with Crippen molar-refractivity contribution < 1.29 is 16.8 Å². The number of benzene rings is 2. The molecule has 1 aliphatic heterocycles. The van der Waals surface area contributed by atoms with Gasteiger partial charge in [-0.05, 0) is 51.0 Å². The Morgan fingerprint density at radius 1 is 0.613 bits per heavy atom. The molecule has 0 fully saturated rings. The molecule has 0 saturated carbocycles. The van der Waals surface area contributed by atoms with Crippen LogP contribution < -0.4 is 0 Å². The van der Waals surface area contributed by atoms with Crippen molar-refractivity contribution in [3.63, 3.8) is 0 Å². The largest absolute Gasteiger partial charge is 0.243 e. The minimum Gasteiger partial charge on any atom is -0.207 e. The molecule has 2 aromatic rings. The smallest absolute Gasteiger partial charge is 0.207 e. The molecule has 0 N–H and O–H groups in total. The van der Waals surface area contributed by atoms with Crippen LogP contribution in [0.3, 0.4) is 0 Å². The average Bonchev–Trinajstić information content (AvgIpc) is 2.79. The lowest BCUT2D eigenvalue weighted by Gasteiger charge is -2.20. The molecule has 0 saturated heterocycles. The number of rotatable bonds is 4. The highest BCUT2D eigenvalue weighted by Gasteiger charge is 2.25. The normalized spacial score (nSPS) is 17.4. The Bertz CT molecular complexity index is 1070. The first-order chi connectivity index (χ1) is 14.7. The van der Waals surface area contributed by atoms with Gasteiger partial charge in [-0.15, -0.1) is 0 Å². The third-order valence-electron chi connectivity index (χ3n) is 5.27. The van der Waals surface area contributed by atoms with E-state index in [1.807, 2.05) is 13.8 Å². The van der Waals surface area contributed by atoms with E-state index in [1.54, 1.807) is 48.5 Å². The van der Waals surface area contributed by atoms with E-state index in [0.717, 1.165) is 17.5 Å². The Morgan fingerprint density at radius 2 is 0.968 bits per heavy atom. The van der Waals surface area contributed by atoms with E-state index in [9.17, 15) is 16.8 Å². The molecule has 0 aliphatic carbocycles. The summed E-state index contributed by atoms with van der Waals surface area (Å²) < 4.78 is 54.9. The second kappa shape index (κ2) is 9.96. The minimum absolute atomic E-state index is 0.0363. The maximum absolute atomic E-state index is 13.0. The van der Waals surface area contributed by atoms with E-state index < -0.39 is 20.0 Å². The van der Waals surface area contributed by atoms with Gasteiger partial charge in [0.05, 0.1) is 22.9 Å². The van der Waals surface area contributed by atoms with Crippen LogP contribution in [-0.4, -0.2) is 51.6 Å². The number of hydrogen-bond acceptors (Lipinski definition) is 4. The molecular weight excluding hydrogens is 432 g/mol. The van der Waals surface area contributed by atoms with E-state index in [4.69, 9.17) is 0 Å². The van der Waals surface area contributed by atoms with E-state index in [-0.39, 0.29) is 22.9 Å². The van der Waals surface area contributed by atoms with Crippen LogP contribution >= 0.6 is 0 Å². The fourth-order valence-corrected chi connectivity index (χ4v) is 6.09. The van der Waals surface area contributed by atoms with Gasteiger partial charge >= 0.3 is 0 Å². The summed E-state index contributed by atoms with van der Waals surface area (Å²) in [4.78, 5) is 0.497. The molecule has 166 valence electrons. The standard InChI is InChI=1S/C23H28N2O4S2/c1-20-8-12-22(13-9-20)30(26,27)24-16-4-3-5-17-25(19-7-6-18-24)31(28,29)23-14-10-21(2)11-15-23/h8-15H,3-5,16-19H2,1-2H3. The van der Waals surface area contributed by atoms with Crippen molar-refractivity contribution in [1.29, 1.82) is 0 Å². The molecule has 3 rings (SSSR count). The lowest BCUT2D eigenvalue weighted by atomic mass is 10.2. The highest BCUT2D eigenvalue weighted by molar-refractivity contribution is 7.89. The van der Waals surface area contributed by atoms with Crippen molar-refractivity contribution in [2.24, 2.45) is 0 Å². The second-order valence-electron chi connectivity index (χ2n) is 7.72. The van der Waals surface area contributed by atoms with Gasteiger partial charge in [-0.25, -0.2) is 16.8 Å². The van der Waals surface area contributed by atoms with Crippen LogP contribution in [-0.2, 0) is 20.0 Å². The highest BCUT2D eigenvalue weighted by Crippen LogP contribution is 2.19. The van der Waals surface area contributed by atoms with E-state index in [0.29, 0.717) is 25.9 Å². The summed E-state index contributed by atoms with van der Waals surface area (Å²) in [6, 6.07) is 13.5.